The summed E-state index contributed by atoms with van der Waals surface area (Å²) in [5.74, 6) is -0.847. The van der Waals surface area contributed by atoms with E-state index in [0.29, 0.717) is 19.3 Å². The van der Waals surface area contributed by atoms with E-state index in [2.05, 4.69) is 57.2 Å². The first-order valence-electron chi connectivity index (χ1n) is 34.0. The Hall–Kier alpha value is -2.37. The molecular formula is C70H130O6. The van der Waals surface area contributed by atoms with Gasteiger partial charge in [-0.25, -0.2) is 0 Å². The second kappa shape index (κ2) is 65.2. The summed E-state index contributed by atoms with van der Waals surface area (Å²) in [5.41, 5.74) is 0. The molecule has 0 rings (SSSR count). The van der Waals surface area contributed by atoms with E-state index in [1.54, 1.807) is 0 Å². The van der Waals surface area contributed by atoms with Gasteiger partial charge in [0.15, 0.2) is 6.10 Å². The summed E-state index contributed by atoms with van der Waals surface area (Å²) in [5, 5.41) is 0. The fourth-order valence-corrected chi connectivity index (χ4v) is 10.3. The average Bonchev–Trinajstić information content (AvgIpc) is 3.42. The second-order valence-electron chi connectivity index (χ2n) is 23.1. The predicted octanol–water partition coefficient (Wildman–Crippen LogP) is 23.2. The summed E-state index contributed by atoms with van der Waals surface area (Å²) in [6.45, 7) is 6.68. The summed E-state index contributed by atoms with van der Waals surface area (Å²) in [7, 11) is 0. The van der Waals surface area contributed by atoms with Gasteiger partial charge < -0.3 is 14.2 Å². The Balaban J connectivity index is 4.18. The molecule has 6 heteroatoms. The van der Waals surface area contributed by atoms with E-state index in [4.69, 9.17) is 14.2 Å². The average molecular weight is 1070 g/mol. The van der Waals surface area contributed by atoms with Crippen molar-refractivity contribution in [1.29, 1.82) is 0 Å². The molecule has 76 heavy (non-hydrogen) atoms. The van der Waals surface area contributed by atoms with Crippen LogP contribution in [-0.2, 0) is 28.6 Å². The molecule has 0 aromatic heterocycles. The van der Waals surface area contributed by atoms with Crippen molar-refractivity contribution in [2.45, 2.75) is 380 Å². The molecule has 0 aromatic carbocycles. The van der Waals surface area contributed by atoms with E-state index in [1.165, 1.54) is 263 Å². The molecule has 1 unspecified atom stereocenters. The lowest BCUT2D eigenvalue weighted by molar-refractivity contribution is -0.167. The largest absolute Gasteiger partial charge is 0.462 e. The highest BCUT2D eigenvalue weighted by Crippen LogP contribution is 2.18. The van der Waals surface area contributed by atoms with Crippen molar-refractivity contribution in [2.24, 2.45) is 0 Å². The molecule has 446 valence electrons. The van der Waals surface area contributed by atoms with Gasteiger partial charge in [-0.05, 0) is 57.8 Å². The van der Waals surface area contributed by atoms with E-state index < -0.39 is 6.10 Å². The van der Waals surface area contributed by atoms with Gasteiger partial charge in [-0.1, -0.05) is 333 Å². The number of hydrogen-bond donors (Lipinski definition) is 0. The minimum Gasteiger partial charge on any atom is -0.462 e. The maximum Gasteiger partial charge on any atom is 0.306 e. The molecule has 0 saturated carbocycles. The summed E-state index contributed by atoms with van der Waals surface area (Å²) in [4.78, 5) is 38.3. The van der Waals surface area contributed by atoms with Crippen LogP contribution in [0.1, 0.15) is 374 Å². The number of hydrogen-bond acceptors (Lipinski definition) is 6. The van der Waals surface area contributed by atoms with Gasteiger partial charge in [0.05, 0.1) is 0 Å². The molecule has 0 aliphatic heterocycles. The Morgan fingerprint density at radius 2 is 0.474 bits per heavy atom. The zero-order chi connectivity index (χ0) is 55.0. The van der Waals surface area contributed by atoms with E-state index in [9.17, 15) is 14.4 Å². The molecule has 0 saturated heterocycles. The molecule has 0 spiro atoms. The first-order valence-corrected chi connectivity index (χ1v) is 34.0. The number of carbonyl (C=O) groups excluding carboxylic acids is 3. The number of ether oxygens (including phenoxy) is 3. The van der Waals surface area contributed by atoms with Crippen LogP contribution in [0.3, 0.4) is 0 Å². The molecule has 0 aliphatic rings. The zero-order valence-corrected chi connectivity index (χ0v) is 51.3. The molecule has 0 fully saturated rings. The van der Waals surface area contributed by atoms with Crippen LogP contribution >= 0.6 is 0 Å². The van der Waals surface area contributed by atoms with Crippen molar-refractivity contribution in [3.05, 3.63) is 36.5 Å². The van der Waals surface area contributed by atoms with Gasteiger partial charge in [-0.2, -0.15) is 0 Å². The molecule has 0 amide bonds. The van der Waals surface area contributed by atoms with Gasteiger partial charge in [0.1, 0.15) is 13.2 Å². The van der Waals surface area contributed by atoms with Crippen molar-refractivity contribution in [3.8, 4) is 0 Å². The quantitative estimate of drug-likeness (QED) is 0.0261. The van der Waals surface area contributed by atoms with Crippen molar-refractivity contribution < 1.29 is 28.6 Å². The standard InChI is InChI=1S/C70H130O6/c1-4-7-10-13-16-19-22-24-26-28-30-32-34-35-37-38-40-42-44-46-48-51-54-57-60-63-69(72)75-66-67(65-74-68(71)62-59-56-53-50-21-18-15-12-9-6-3)76-70(73)64-61-58-55-52-49-47-45-43-41-39-36-33-31-29-27-25-23-20-17-14-11-8-5-2/h22,24,28,30,34-35,67H,4-21,23,25-27,29,31-33,36-66H2,1-3H3/b24-22-,30-28-,35-34-. The highest BCUT2D eigenvalue weighted by atomic mass is 16.6. The highest BCUT2D eigenvalue weighted by Gasteiger charge is 2.19. The Morgan fingerprint density at radius 3 is 0.737 bits per heavy atom. The smallest absolute Gasteiger partial charge is 0.306 e. The summed E-state index contributed by atoms with van der Waals surface area (Å²) in [6, 6.07) is 0. The Bertz CT molecular complexity index is 1270. The maximum absolute atomic E-state index is 12.9. The lowest BCUT2D eigenvalue weighted by atomic mass is 10.0. The molecule has 0 radical (unpaired) electrons. The van der Waals surface area contributed by atoms with Crippen molar-refractivity contribution in [1.82, 2.24) is 0 Å². The Morgan fingerprint density at radius 1 is 0.263 bits per heavy atom. The molecule has 0 bridgehead atoms. The fourth-order valence-electron chi connectivity index (χ4n) is 10.3. The van der Waals surface area contributed by atoms with E-state index >= 15 is 0 Å². The minimum atomic E-state index is -0.770. The van der Waals surface area contributed by atoms with Crippen LogP contribution < -0.4 is 0 Å². The van der Waals surface area contributed by atoms with Crippen molar-refractivity contribution in [2.75, 3.05) is 13.2 Å². The van der Waals surface area contributed by atoms with Crippen LogP contribution in [0, 0.1) is 0 Å². The summed E-state index contributed by atoms with van der Waals surface area (Å²) in [6.07, 6.45) is 80.3. The van der Waals surface area contributed by atoms with Gasteiger partial charge in [0, 0.05) is 19.3 Å². The number of unbranched alkanes of at least 4 members (excludes halogenated alkanes) is 46. The number of rotatable bonds is 63. The monoisotopic (exact) mass is 1070 g/mol. The summed E-state index contributed by atoms with van der Waals surface area (Å²) < 4.78 is 16.9. The second-order valence-corrected chi connectivity index (χ2v) is 23.1. The first-order chi connectivity index (χ1) is 37.5. The van der Waals surface area contributed by atoms with Gasteiger partial charge in [-0.15, -0.1) is 0 Å². The van der Waals surface area contributed by atoms with Crippen molar-refractivity contribution in [3.63, 3.8) is 0 Å². The third-order valence-electron chi connectivity index (χ3n) is 15.4. The molecule has 0 aromatic rings. The Kier molecular flexibility index (Phi) is 63.1. The lowest BCUT2D eigenvalue weighted by Gasteiger charge is -2.18. The van der Waals surface area contributed by atoms with E-state index in [0.717, 1.165) is 70.6 Å². The third kappa shape index (κ3) is 62.5. The molecule has 0 heterocycles. The van der Waals surface area contributed by atoms with E-state index in [-0.39, 0.29) is 31.1 Å². The SMILES string of the molecule is CCCCCCC/C=C\C/C=C\C/C=C\CCCCCCCCCCCCC(=O)OCC(COC(=O)CCCCCCCCCCCC)OC(=O)CCCCCCCCCCCCCCCCCCCCCCCCC. The van der Waals surface area contributed by atoms with Gasteiger partial charge in [0.2, 0.25) is 0 Å². The molecule has 0 N–H and O–H groups in total. The zero-order valence-electron chi connectivity index (χ0n) is 51.3. The fraction of sp³-hybridized carbons (Fsp3) is 0.871. The number of allylic oxidation sites excluding steroid dienone is 6. The lowest BCUT2D eigenvalue weighted by Crippen LogP contribution is -2.30. The van der Waals surface area contributed by atoms with Crippen LogP contribution in [0.2, 0.25) is 0 Å². The van der Waals surface area contributed by atoms with Gasteiger partial charge >= 0.3 is 17.9 Å². The molecular weight excluding hydrogens is 937 g/mol. The topological polar surface area (TPSA) is 78.9 Å². The number of carbonyl (C=O) groups is 3. The molecule has 1 atom stereocenters. The predicted molar refractivity (Wildman–Crippen MR) is 330 cm³/mol. The van der Waals surface area contributed by atoms with Crippen LogP contribution in [0.4, 0.5) is 0 Å². The Labute approximate surface area is 474 Å². The molecule has 0 aliphatic carbocycles. The highest BCUT2D eigenvalue weighted by molar-refractivity contribution is 5.71. The normalized spacial score (nSPS) is 12.2. The number of esters is 3. The van der Waals surface area contributed by atoms with Crippen LogP contribution in [0.25, 0.3) is 0 Å². The van der Waals surface area contributed by atoms with Gasteiger partial charge in [0.25, 0.3) is 0 Å². The van der Waals surface area contributed by atoms with Crippen LogP contribution in [0.15, 0.2) is 36.5 Å². The maximum atomic E-state index is 12.9. The van der Waals surface area contributed by atoms with E-state index in [1.807, 2.05) is 0 Å². The summed E-state index contributed by atoms with van der Waals surface area (Å²) >= 11 is 0. The van der Waals surface area contributed by atoms with Gasteiger partial charge in [-0.3, -0.25) is 14.4 Å². The molecule has 6 nitrogen and oxygen atoms in total. The third-order valence-corrected chi connectivity index (χ3v) is 15.4. The van der Waals surface area contributed by atoms with Crippen LogP contribution in [0.5, 0.6) is 0 Å². The first kappa shape index (κ1) is 73.6. The van der Waals surface area contributed by atoms with Crippen molar-refractivity contribution >= 4 is 17.9 Å². The minimum absolute atomic E-state index is 0.0678. The van der Waals surface area contributed by atoms with Crippen LogP contribution in [-0.4, -0.2) is 37.2 Å².